The molecule has 4 nitrogen and oxygen atoms in total. The van der Waals surface area contributed by atoms with E-state index in [9.17, 15) is 18.0 Å². The number of carbonyl (C=O) groups is 1. The molecule has 0 unspecified atom stereocenters. The van der Waals surface area contributed by atoms with E-state index in [0.29, 0.717) is 11.4 Å². The molecular formula is C14H18ClF3N2O2. The van der Waals surface area contributed by atoms with Crippen molar-refractivity contribution in [2.75, 3.05) is 6.54 Å². The van der Waals surface area contributed by atoms with Crippen LogP contribution in [0.4, 0.5) is 18.0 Å². The smallest absolute Gasteiger partial charge is 0.384 e. The van der Waals surface area contributed by atoms with E-state index < -0.39 is 24.7 Å². The molecule has 0 bridgehead atoms. The Morgan fingerprint density at radius 3 is 2.68 bits per heavy atom. The van der Waals surface area contributed by atoms with Crippen LogP contribution in [0, 0.1) is 0 Å². The van der Waals surface area contributed by atoms with E-state index in [1.807, 2.05) is 6.07 Å². The number of nitrogens with one attached hydrogen (secondary N) is 2. The number of urea groups is 1. The summed E-state index contributed by atoms with van der Waals surface area (Å²) < 4.78 is 36.2. The lowest BCUT2D eigenvalue weighted by atomic mass is 10.1. The van der Waals surface area contributed by atoms with Gasteiger partial charge in [-0.2, -0.15) is 13.2 Å². The van der Waals surface area contributed by atoms with E-state index in [1.165, 1.54) is 0 Å². The molecule has 1 aromatic rings. The minimum atomic E-state index is -4.67. The summed E-state index contributed by atoms with van der Waals surface area (Å²) in [5.41, 5.74) is 0.938. The van der Waals surface area contributed by atoms with Gasteiger partial charge in [0, 0.05) is 17.6 Å². The van der Waals surface area contributed by atoms with Crippen molar-refractivity contribution in [1.82, 2.24) is 10.6 Å². The molecule has 2 atom stereocenters. The van der Waals surface area contributed by atoms with E-state index in [-0.39, 0.29) is 12.6 Å². The minimum Gasteiger partial charge on any atom is -0.384 e. The van der Waals surface area contributed by atoms with Crippen LogP contribution in [0.25, 0.3) is 0 Å². The minimum absolute atomic E-state index is 0.217. The van der Waals surface area contributed by atoms with Crippen molar-refractivity contribution < 1.29 is 23.1 Å². The number of hydrogen-bond donors (Lipinski definition) is 3. The molecule has 1 rings (SSSR count). The van der Waals surface area contributed by atoms with Crippen molar-refractivity contribution in [3.63, 3.8) is 0 Å². The van der Waals surface area contributed by atoms with Crippen LogP contribution in [-0.2, 0) is 6.42 Å². The highest BCUT2D eigenvalue weighted by Crippen LogP contribution is 2.21. The Morgan fingerprint density at radius 1 is 1.41 bits per heavy atom. The summed E-state index contributed by atoms with van der Waals surface area (Å²) in [6.07, 6.45) is -7.15. The lowest BCUT2D eigenvalue weighted by Gasteiger charge is -2.17. The van der Waals surface area contributed by atoms with Crippen molar-refractivity contribution in [3.8, 4) is 0 Å². The van der Waals surface area contributed by atoms with E-state index in [2.05, 4.69) is 10.6 Å². The Hall–Kier alpha value is -1.47. The fraction of sp³-hybridized carbons (Fsp3) is 0.500. The molecule has 0 saturated carbocycles. The molecular weight excluding hydrogens is 321 g/mol. The third-order valence-electron chi connectivity index (χ3n) is 2.89. The van der Waals surface area contributed by atoms with Crippen LogP contribution in [-0.4, -0.2) is 36.0 Å². The molecule has 1 aromatic carbocycles. The van der Waals surface area contributed by atoms with Crippen LogP contribution in [0.1, 0.15) is 18.9 Å². The van der Waals surface area contributed by atoms with E-state index in [1.54, 1.807) is 25.1 Å². The molecule has 0 saturated heterocycles. The van der Waals surface area contributed by atoms with Gasteiger partial charge in [-0.05, 0) is 37.5 Å². The van der Waals surface area contributed by atoms with Gasteiger partial charge in [0.1, 0.15) is 0 Å². The number of alkyl halides is 3. The number of carbonyl (C=O) groups excluding carboxylic acids is 1. The molecule has 0 fully saturated rings. The van der Waals surface area contributed by atoms with Crippen molar-refractivity contribution in [1.29, 1.82) is 0 Å². The molecule has 2 amide bonds. The molecule has 0 radical (unpaired) electrons. The van der Waals surface area contributed by atoms with E-state index in [0.717, 1.165) is 5.56 Å². The topological polar surface area (TPSA) is 61.4 Å². The van der Waals surface area contributed by atoms with Crippen LogP contribution in [0.5, 0.6) is 0 Å². The van der Waals surface area contributed by atoms with Crippen LogP contribution in [0.2, 0.25) is 5.02 Å². The number of amides is 2. The Balaban J connectivity index is 2.30. The quantitative estimate of drug-likeness (QED) is 0.747. The molecule has 0 heterocycles. The van der Waals surface area contributed by atoms with Gasteiger partial charge in [0.15, 0.2) is 6.10 Å². The summed E-state index contributed by atoms with van der Waals surface area (Å²) in [5, 5.41) is 14.3. The molecule has 0 aliphatic heterocycles. The second kappa shape index (κ2) is 8.24. The van der Waals surface area contributed by atoms with Gasteiger partial charge >= 0.3 is 12.2 Å². The van der Waals surface area contributed by atoms with Gasteiger partial charge in [-0.15, -0.1) is 0 Å². The lowest BCUT2D eigenvalue weighted by molar-refractivity contribution is -0.204. The zero-order chi connectivity index (χ0) is 16.8. The number of aliphatic hydroxyl groups is 1. The standard InChI is InChI=1S/C14H18ClF3N2O2/c1-9(7-10-3-2-4-11(15)8-10)20-13(22)19-6-5-12(21)14(16,17)18/h2-4,8-9,12,21H,5-7H2,1H3,(H2,19,20,22)/t9-,12+/m1/s1. The van der Waals surface area contributed by atoms with E-state index in [4.69, 9.17) is 16.7 Å². The second-order valence-electron chi connectivity index (χ2n) is 4.98. The first-order valence-corrected chi connectivity index (χ1v) is 7.10. The van der Waals surface area contributed by atoms with Crippen molar-refractivity contribution >= 4 is 17.6 Å². The van der Waals surface area contributed by atoms with Gasteiger partial charge in [0.05, 0.1) is 0 Å². The maximum absolute atomic E-state index is 12.1. The summed E-state index contributed by atoms with van der Waals surface area (Å²) in [6, 6.07) is 6.37. The van der Waals surface area contributed by atoms with Gasteiger partial charge in [-0.1, -0.05) is 23.7 Å². The van der Waals surface area contributed by atoms with Gasteiger partial charge in [-0.3, -0.25) is 0 Å². The SMILES string of the molecule is C[C@H](Cc1cccc(Cl)c1)NC(=O)NCC[C@H](O)C(F)(F)F. The summed E-state index contributed by atoms with van der Waals surface area (Å²) in [6.45, 7) is 1.50. The maximum Gasteiger partial charge on any atom is 0.414 e. The largest absolute Gasteiger partial charge is 0.414 e. The van der Waals surface area contributed by atoms with Crippen LogP contribution in [0.15, 0.2) is 24.3 Å². The molecule has 0 spiro atoms. The average Bonchev–Trinajstić information content (AvgIpc) is 2.37. The number of benzene rings is 1. The molecule has 0 aliphatic carbocycles. The predicted molar refractivity (Wildman–Crippen MR) is 77.8 cm³/mol. The maximum atomic E-state index is 12.1. The summed E-state index contributed by atoms with van der Waals surface area (Å²) >= 11 is 5.85. The molecule has 0 aromatic heterocycles. The van der Waals surface area contributed by atoms with Crippen molar-refractivity contribution in [2.24, 2.45) is 0 Å². The zero-order valence-corrected chi connectivity index (χ0v) is 12.7. The number of aliphatic hydroxyl groups excluding tert-OH is 1. The Morgan fingerprint density at radius 2 is 2.09 bits per heavy atom. The van der Waals surface area contributed by atoms with Crippen LogP contribution < -0.4 is 10.6 Å². The zero-order valence-electron chi connectivity index (χ0n) is 12.0. The summed E-state index contributed by atoms with van der Waals surface area (Å²) in [5.74, 6) is 0. The third-order valence-corrected chi connectivity index (χ3v) is 3.12. The molecule has 124 valence electrons. The highest BCUT2D eigenvalue weighted by molar-refractivity contribution is 6.30. The number of halogens is 4. The Labute approximate surface area is 131 Å². The molecule has 22 heavy (non-hydrogen) atoms. The van der Waals surface area contributed by atoms with Gasteiger partial charge in [0.2, 0.25) is 0 Å². The Bertz CT molecular complexity index is 497. The third kappa shape index (κ3) is 7.00. The first-order valence-electron chi connectivity index (χ1n) is 6.72. The van der Waals surface area contributed by atoms with Gasteiger partial charge < -0.3 is 15.7 Å². The monoisotopic (exact) mass is 338 g/mol. The summed E-state index contributed by atoms with van der Waals surface area (Å²) in [4.78, 5) is 11.5. The number of rotatable bonds is 6. The first-order chi connectivity index (χ1) is 10.2. The van der Waals surface area contributed by atoms with Crippen LogP contribution in [0.3, 0.4) is 0 Å². The molecule has 0 aliphatic rings. The summed E-state index contributed by atoms with van der Waals surface area (Å²) in [7, 11) is 0. The lowest BCUT2D eigenvalue weighted by Crippen LogP contribution is -2.43. The molecule has 3 N–H and O–H groups in total. The Kier molecular flexibility index (Phi) is 6.96. The first kappa shape index (κ1) is 18.6. The van der Waals surface area contributed by atoms with E-state index >= 15 is 0 Å². The fourth-order valence-electron chi connectivity index (χ4n) is 1.83. The average molecular weight is 339 g/mol. The van der Waals surface area contributed by atoms with Crippen molar-refractivity contribution in [2.45, 2.75) is 38.1 Å². The highest BCUT2D eigenvalue weighted by atomic mass is 35.5. The van der Waals surface area contributed by atoms with Gasteiger partial charge in [-0.25, -0.2) is 4.79 Å². The normalized spacial score (nSPS) is 14.3. The fourth-order valence-corrected chi connectivity index (χ4v) is 2.04. The highest BCUT2D eigenvalue weighted by Gasteiger charge is 2.37. The predicted octanol–water partition coefficient (Wildman–Crippen LogP) is 2.88. The van der Waals surface area contributed by atoms with Crippen molar-refractivity contribution in [3.05, 3.63) is 34.9 Å². The van der Waals surface area contributed by atoms with Gasteiger partial charge in [0.25, 0.3) is 0 Å². The van der Waals surface area contributed by atoms with Crippen LogP contribution >= 0.6 is 11.6 Å². The second-order valence-corrected chi connectivity index (χ2v) is 5.42. The molecule has 8 heteroatoms. The number of hydrogen-bond acceptors (Lipinski definition) is 2.